The number of amides is 1. The van der Waals surface area contributed by atoms with E-state index < -0.39 is 0 Å². The Morgan fingerprint density at radius 1 is 1.14 bits per heavy atom. The van der Waals surface area contributed by atoms with E-state index in [-0.39, 0.29) is 17.6 Å². The highest BCUT2D eigenvalue weighted by Gasteiger charge is 2.11. The summed E-state index contributed by atoms with van der Waals surface area (Å²) < 4.78 is 12.9. The maximum atomic E-state index is 12.9. The molecule has 1 N–H and O–H groups in total. The molecule has 2 aromatic rings. The maximum absolute atomic E-state index is 12.9. The molecule has 0 bridgehead atoms. The summed E-state index contributed by atoms with van der Waals surface area (Å²) in [5, 5.41) is 3.65. The van der Waals surface area contributed by atoms with Crippen LogP contribution in [0.1, 0.15) is 28.8 Å². The zero-order valence-electron chi connectivity index (χ0n) is 11.4. The molecule has 0 radical (unpaired) electrons. The highest BCUT2D eigenvalue weighted by atomic mass is 35.5. The van der Waals surface area contributed by atoms with E-state index >= 15 is 0 Å². The molecule has 0 aliphatic rings. The van der Waals surface area contributed by atoms with Gasteiger partial charge in [0.15, 0.2) is 0 Å². The Bertz CT molecular complexity index is 623. The van der Waals surface area contributed by atoms with Crippen molar-refractivity contribution < 1.29 is 9.18 Å². The van der Waals surface area contributed by atoms with E-state index in [1.165, 1.54) is 12.1 Å². The second kappa shape index (κ2) is 6.92. The highest BCUT2D eigenvalue weighted by Crippen LogP contribution is 2.19. The molecular formula is C16H14Cl2FNO. The van der Waals surface area contributed by atoms with E-state index in [2.05, 4.69) is 5.32 Å². The van der Waals surface area contributed by atoms with E-state index in [1.807, 2.05) is 6.92 Å². The van der Waals surface area contributed by atoms with Crippen molar-refractivity contribution >= 4 is 29.1 Å². The lowest BCUT2D eigenvalue weighted by Gasteiger charge is -2.13. The van der Waals surface area contributed by atoms with Crippen molar-refractivity contribution in [3.05, 3.63) is 69.5 Å². The van der Waals surface area contributed by atoms with Crippen molar-refractivity contribution in [3.8, 4) is 0 Å². The summed E-state index contributed by atoms with van der Waals surface area (Å²) in [7, 11) is 0. The number of hydrogen-bond donors (Lipinski definition) is 1. The Morgan fingerprint density at radius 2 is 1.71 bits per heavy atom. The second-order valence-electron chi connectivity index (χ2n) is 4.82. The fourth-order valence-corrected chi connectivity index (χ4v) is 2.47. The zero-order chi connectivity index (χ0) is 15.4. The first-order valence-corrected chi connectivity index (χ1v) is 7.21. The third-order valence-electron chi connectivity index (χ3n) is 3.13. The fraction of sp³-hybridized carbons (Fsp3) is 0.188. The number of halogens is 3. The Labute approximate surface area is 132 Å². The predicted molar refractivity (Wildman–Crippen MR) is 83.6 cm³/mol. The summed E-state index contributed by atoms with van der Waals surface area (Å²) in [4.78, 5) is 12.1. The van der Waals surface area contributed by atoms with Gasteiger partial charge in [0.1, 0.15) is 5.82 Å². The molecule has 1 unspecified atom stereocenters. The predicted octanol–water partition coefficient (Wildman–Crippen LogP) is 4.67. The normalized spacial score (nSPS) is 12.0. The molecule has 0 saturated carbocycles. The molecule has 2 rings (SSSR count). The minimum Gasteiger partial charge on any atom is -0.351 e. The monoisotopic (exact) mass is 325 g/mol. The highest BCUT2D eigenvalue weighted by molar-refractivity contribution is 6.35. The minimum absolute atomic E-state index is 0.0733. The van der Waals surface area contributed by atoms with Gasteiger partial charge in [-0.05, 0) is 41.8 Å². The van der Waals surface area contributed by atoms with Gasteiger partial charge in [-0.3, -0.25) is 4.79 Å². The lowest BCUT2D eigenvalue weighted by molar-refractivity contribution is 0.0951. The SMILES string of the molecule is CC(CNC(=O)c1cc(Cl)cc(Cl)c1)c1ccc(F)cc1. The van der Waals surface area contributed by atoms with Crippen molar-refractivity contribution in [1.29, 1.82) is 0 Å². The second-order valence-corrected chi connectivity index (χ2v) is 5.69. The van der Waals surface area contributed by atoms with Gasteiger partial charge in [0.25, 0.3) is 5.91 Å². The summed E-state index contributed by atoms with van der Waals surface area (Å²) in [6, 6.07) is 10.9. The van der Waals surface area contributed by atoms with Crippen molar-refractivity contribution in [1.82, 2.24) is 5.32 Å². The Balaban J connectivity index is 1.98. The Kier molecular flexibility index (Phi) is 5.21. The van der Waals surface area contributed by atoms with Gasteiger partial charge in [-0.25, -0.2) is 4.39 Å². The average molecular weight is 326 g/mol. The van der Waals surface area contributed by atoms with Gasteiger partial charge < -0.3 is 5.32 Å². The molecule has 5 heteroatoms. The lowest BCUT2D eigenvalue weighted by atomic mass is 10.0. The first-order chi connectivity index (χ1) is 9.95. The molecule has 0 aliphatic carbocycles. The fourth-order valence-electron chi connectivity index (χ4n) is 1.94. The Hall–Kier alpha value is -1.58. The molecule has 110 valence electrons. The first-order valence-electron chi connectivity index (χ1n) is 6.45. The molecule has 1 amide bonds. The van der Waals surface area contributed by atoms with E-state index in [0.29, 0.717) is 22.2 Å². The first kappa shape index (κ1) is 15.8. The lowest BCUT2D eigenvalue weighted by Crippen LogP contribution is -2.27. The van der Waals surface area contributed by atoms with Gasteiger partial charge in [0, 0.05) is 22.2 Å². The maximum Gasteiger partial charge on any atom is 0.251 e. The summed E-state index contributed by atoms with van der Waals surface area (Å²) in [5.74, 6) is -0.443. The van der Waals surface area contributed by atoms with Crippen LogP contribution in [0.4, 0.5) is 4.39 Å². The molecule has 1 atom stereocenters. The van der Waals surface area contributed by atoms with Crippen LogP contribution >= 0.6 is 23.2 Å². The standard InChI is InChI=1S/C16H14Cl2FNO/c1-10(11-2-4-15(19)5-3-11)9-20-16(21)12-6-13(17)8-14(18)7-12/h2-8,10H,9H2,1H3,(H,20,21). The van der Waals surface area contributed by atoms with Gasteiger partial charge in [0.2, 0.25) is 0 Å². The molecule has 0 saturated heterocycles. The van der Waals surface area contributed by atoms with E-state index in [4.69, 9.17) is 23.2 Å². The Morgan fingerprint density at radius 3 is 2.29 bits per heavy atom. The quantitative estimate of drug-likeness (QED) is 0.869. The average Bonchev–Trinajstić information content (AvgIpc) is 2.44. The van der Waals surface area contributed by atoms with Crippen LogP contribution in [0.2, 0.25) is 10.0 Å². The zero-order valence-corrected chi connectivity index (χ0v) is 12.9. The number of nitrogens with one attached hydrogen (secondary N) is 1. The molecule has 0 aromatic heterocycles. The summed E-state index contributed by atoms with van der Waals surface area (Å²) in [6.45, 7) is 2.40. The van der Waals surface area contributed by atoms with Crippen molar-refractivity contribution in [3.63, 3.8) is 0 Å². The third-order valence-corrected chi connectivity index (χ3v) is 3.57. The van der Waals surface area contributed by atoms with Gasteiger partial charge >= 0.3 is 0 Å². The van der Waals surface area contributed by atoms with Crippen LogP contribution in [0.15, 0.2) is 42.5 Å². The summed E-state index contributed by atoms with van der Waals surface area (Å²) in [5.41, 5.74) is 1.37. The van der Waals surface area contributed by atoms with Crippen molar-refractivity contribution in [2.45, 2.75) is 12.8 Å². The summed E-state index contributed by atoms with van der Waals surface area (Å²) in [6.07, 6.45) is 0. The van der Waals surface area contributed by atoms with Gasteiger partial charge in [-0.1, -0.05) is 42.3 Å². The van der Waals surface area contributed by atoms with Crippen LogP contribution in [0.25, 0.3) is 0 Å². The molecule has 0 heterocycles. The number of benzene rings is 2. The van der Waals surface area contributed by atoms with Gasteiger partial charge in [-0.2, -0.15) is 0 Å². The smallest absolute Gasteiger partial charge is 0.251 e. The largest absolute Gasteiger partial charge is 0.351 e. The van der Waals surface area contributed by atoms with Crippen LogP contribution in [0, 0.1) is 5.82 Å². The molecule has 21 heavy (non-hydrogen) atoms. The molecular weight excluding hydrogens is 312 g/mol. The number of carbonyl (C=O) groups excluding carboxylic acids is 1. The third kappa shape index (κ3) is 4.45. The van der Waals surface area contributed by atoms with Crippen LogP contribution in [-0.4, -0.2) is 12.5 Å². The minimum atomic E-state index is -0.274. The van der Waals surface area contributed by atoms with Crippen LogP contribution in [0.3, 0.4) is 0 Å². The number of hydrogen-bond acceptors (Lipinski definition) is 1. The van der Waals surface area contributed by atoms with E-state index in [0.717, 1.165) is 5.56 Å². The van der Waals surface area contributed by atoms with Crippen LogP contribution in [-0.2, 0) is 0 Å². The molecule has 0 aliphatic heterocycles. The van der Waals surface area contributed by atoms with Gasteiger partial charge in [-0.15, -0.1) is 0 Å². The molecule has 0 fully saturated rings. The van der Waals surface area contributed by atoms with Crippen LogP contribution < -0.4 is 5.32 Å². The summed E-state index contributed by atoms with van der Waals surface area (Å²) >= 11 is 11.7. The molecule has 2 aromatic carbocycles. The van der Waals surface area contributed by atoms with Gasteiger partial charge in [0.05, 0.1) is 0 Å². The molecule has 0 spiro atoms. The number of carbonyl (C=O) groups is 1. The van der Waals surface area contributed by atoms with E-state index in [1.54, 1.807) is 30.3 Å². The van der Waals surface area contributed by atoms with Crippen molar-refractivity contribution in [2.24, 2.45) is 0 Å². The van der Waals surface area contributed by atoms with Crippen molar-refractivity contribution in [2.75, 3.05) is 6.54 Å². The topological polar surface area (TPSA) is 29.1 Å². The molecule has 2 nitrogen and oxygen atoms in total. The van der Waals surface area contributed by atoms with E-state index in [9.17, 15) is 9.18 Å². The van der Waals surface area contributed by atoms with Crippen LogP contribution in [0.5, 0.6) is 0 Å². The number of rotatable bonds is 4.